The predicted molar refractivity (Wildman–Crippen MR) is 106 cm³/mol. The lowest BCUT2D eigenvalue weighted by molar-refractivity contribution is 0.241. The number of H-pyrrole nitrogens is 1. The first-order valence-corrected chi connectivity index (χ1v) is 9.06. The molecule has 1 aliphatic rings. The van der Waals surface area contributed by atoms with E-state index in [1.807, 2.05) is 18.2 Å². The van der Waals surface area contributed by atoms with Crippen molar-refractivity contribution in [1.82, 2.24) is 14.9 Å². The monoisotopic (exact) mass is 382 g/mol. The van der Waals surface area contributed by atoms with Gasteiger partial charge in [-0.15, -0.1) is 0 Å². The van der Waals surface area contributed by atoms with Crippen LogP contribution in [0.15, 0.2) is 47.3 Å². The topological polar surface area (TPSA) is 95.2 Å². The molecule has 0 atom stereocenters. The number of hydrogen-bond donors (Lipinski definition) is 3. The van der Waals surface area contributed by atoms with E-state index in [2.05, 4.69) is 14.9 Å². The van der Waals surface area contributed by atoms with Crippen molar-refractivity contribution < 1.29 is 5.11 Å². The number of aromatic nitrogens is 2. The van der Waals surface area contributed by atoms with Crippen molar-refractivity contribution >= 4 is 17.3 Å². The Labute approximate surface area is 161 Å². The molecule has 0 fully saturated rings. The minimum Gasteiger partial charge on any atom is -0.506 e. The van der Waals surface area contributed by atoms with Crippen LogP contribution in [-0.2, 0) is 19.5 Å². The van der Waals surface area contributed by atoms with Crippen LogP contribution >= 0.6 is 11.6 Å². The molecule has 2 aromatic carbocycles. The van der Waals surface area contributed by atoms with Crippen molar-refractivity contribution in [2.75, 3.05) is 12.3 Å². The van der Waals surface area contributed by atoms with E-state index in [1.165, 1.54) is 0 Å². The Morgan fingerprint density at radius 2 is 2.00 bits per heavy atom. The summed E-state index contributed by atoms with van der Waals surface area (Å²) in [5.74, 6) is 0.627. The lowest BCUT2D eigenvalue weighted by Gasteiger charge is -2.28. The molecule has 138 valence electrons. The number of phenols is 1. The SMILES string of the molecule is Nc1ccc(-c2nc3c(c(=O)[nH]2)CN(Cc2cccc(O)c2Cl)CC3)cc1. The molecule has 0 aliphatic carbocycles. The third-order valence-electron chi connectivity index (χ3n) is 4.78. The molecular weight excluding hydrogens is 364 g/mol. The number of hydrogen-bond acceptors (Lipinski definition) is 5. The van der Waals surface area contributed by atoms with E-state index in [0.717, 1.165) is 23.4 Å². The first-order chi connectivity index (χ1) is 13.0. The van der Waals surface area contributed by atoms with Crippen molar-refractivity contribution in [3.05, 3.63) is 74.7 Å². The van der Waals surface area contributed by atoms with Crippen LogP contribution < -0.4 is 11.3 Å². The first kappa shape index (κ1) is 17.6. The third kappa shape index (κ3) is 3.54. The maximum atomic E-state index is 12.6. The van der Waals surface area contributed by atoms with Crippen LogP contribution in [0, 0.1) is 0 Å². The minimum absolute atomic E-state index is 0.0687. The van der Waals surface area contributed by atoms with E-state index in [9.17, 15) is 9.90 Å². The molecule has 0 amide bonds. The van der Waals surface area contributed by atoms with Crippen LogP contribution in [0.1, 0.15) is 16.8 Å². The molecule has 3 aromatic rings. The zero-order valence-corrected chi connectivity index (χ0v) is 15.3. The summed E-state index contributed by atoms with van der Waals surface area (Å²) >= 11 is 6.18. The molecule has 1 aromatic heterocycles. The number of anilines is 1. The number of nitrogen functional groups attached to an aromatic ring is 1. The van der Waals surface area contributed by atoms with Gasteiger partial charge in [-0.3, -0.25) is 9.69 Å². The summed E-state index contributed by atoms with van der Waals surface area (Å²) in [6.07, 6.45) is 0.678. The zero-order valence-electron chi connectivity index (χ0n) is 14.6. The highest BCUT2D eigenvalue weighted by Crippen LogP contribution is 2.29. The zero-order chi connectivity index (χ0) is 19.0. The molecule has 4 rings (SSSR count). The van der Waals surface area contributed by atoms with Gasteiger partial charge in [0.1, 0.15) is 11.6 Å². The molecular formula is C20H19ClN4O2. The average Bonchev–Trinajstić information content (AvgIpc) is 2.66. The van der Waals surface area contributed by atoms with Crippen molar-refractivity contribution in [3.63, 3.8) is 0 Å². The molecule has 2 heterocycles. The molecule has 0 unspecified atom stereocenters. The van der Waals surface area contributed by atoms with Crippen LogP contribution in [0.5, 0.6) is 5.75 Å². The summed E-state index contributed by atoms with van der Waals surface area (Å²) in [6.45, 7) is 1.81. The molecule has 0 spiro atoms. The van der Waals surface area contributed by atoms with Gasteiger partial charge in [-0.25, -0.2) is 4.98 Å². The number of benzene rings is 2. The van der Waals surface area contributed by atoms with Crippen LogP contribution in [0.25, 0.3) is 11.4 Å². The molecule has 7 heteroatoms. The normalized spacial score (nSPS) is 14.1. The van der Waals surface area contributed by atoms with E-state index in [-0.39, 0.29) is 11.3 Å². The van der Waals surface area contributed by atoms with Crippen molar-refractivity contribution in [2.24, 2.45) is 0 Å². The van der Waals surface area contributed by atoms with Gasteiger partial charge in [-0.05, 0) is 35.9 Å². The second-order valence-electron chi connectivity index (χ2n) is 6.67. The molecule has 0 saturated carbocycles. The molecule has 27 heavy (non-hydrogen) atoms. The Hall–Kier alpha value is -2.83. The largest absolute Gasteiger partial charge is 0.506 e. The standard InChI is InChI=1S/C20H19ClN4O2/c21-18-13(2-1-3-17(18)26)10-25-9-8-16-15(11-25)20(27)24-19(23-16)12-4-6-14(22)7-5-12/h1-7,26H,8-11,22H2,(H,23,24,27). The van der Waals surface area contributed by atoms with Gasteiger partial charge in [0, 0.05) is 37.3 Å². The quantitative estimate of drug-likeness (QED) is 0.605. The second kappa shape index (κ2) is 7.06. The Balaban J connectivity index is 1.59. The summed E-state index contributed by atoms with van der Waals surface area (Å²) in [5.41, 5.74) is 9.43. The lowest BCUT2D eigenvalue weighted by atomic mass is 10.1. The summed E-state index contributed by atoms with van der Waals surface area (Å²) < 4.78 is 0. The van der Waals surface area contributed by atoms with Gasteiger partial charge in [-0.2, -0.15) is 0 Å². The van der Waals surface area contributed by atoms with E-state index in [4.69, 9.17) is 17.3 Å². The average molecular weight is 383 g/mol. The molecule has 0 radical (unpaired) electrons. The molecule has 0 bridgehead atoms. The maximum Gasteiger partial charge on any atom is 0.255 e. The van der Waals surface area contributed by atoms with E-state index in [1.54, 1.807) is 24.3 Å². The van der Waals surface area contributed by atoms with Crippen LogP contribution in [0.4, 0.5) is 5.69 Å². The summed E-state index contributed by atoms with van der Waals surface area (Å²) in [4.78, 5) is 22.3. The second-order valence-corrected chi connectivity index (χ2v) is 7.05. The smallest absolute Gasteiger partial charge is 0.255 e. The highest BCUT2D eigenvalue weighted by molar-refractivity contribution is 6.32. The van der Waals surface area contributed by atoms with Crippen LogP contribution in [0.2, 0.25) is 5.02 Å². The van der Waals surface area contributed by atoms with Gasteiger partial charge in [0.05, 0.1) is 16.3 Å². The number of halogens is 1. The van der Waals surface area contributed by atoms with E-state index < -0.39 is 0 Å². The van der Waals surface area contributed by atoms with Gasteiger partial charge in [0.25, 0.3) is 5.56 Å². The molecule has 6 nitrogen and oxygen atoms in total. The number of fused-ring (bicyclic) bond motifs is 1. The van der Waals surface area contributed by atoms with Crippen molar-refractivity contribution in [3.8, 4) is 17.1 Å². The Morgan fingerprint density at radius 3 is 2.78 bits per heavy atom. The molecule has 4 N–H and O–H groups in total. The number of nitrogens with one attached hydrogen (secondary N) is 1. The van der Waals surface area contributed by atoms with Crippen LogP contribution in [-0.4, -0.2) is 26.5 Å². The summed E-state index contributed by atoms with van der Waals surface area (Å²) in [6, 6.07) is 12.5. The van der Waals surface area contributed by atoms with Gasteiger partial charge in [0.2, 0.25) is 0 Å². The van der Waals surface area contributed by atoms with Crippen LogP contribution in [0.3, 0.4) is 0 Å². The van der Waals surface area contributed by atoms with Gasteiger partial charge in [0.15, 0.2) is 0 Å². The van der Waals surface area contributed by atoms with Crippen molar-refractivity contribution in [2.45, 2.75) is 19.5 Å². The fourth-order valence-corrected chi connectivity index (χ4v) is 3.51. The maximum absolute atomic E-state index is 12.6. The first-order valence-electron chi connectivity index (χ1n) is 8.68. The van der Waals surface area contributed by atoms with Gasteiger partial charge >= 0.3 is 0 Å². The number of rotatable bonds is 3. The number of aromatic hydroxyl groups is 1. The number of aromatic amines is 1. The summed E-state index contributed by atoms with van der Waals surface area (Å²) in [5, 5.41) is 10.1. The third-order valence-corrected chi connectivity index (χ3v) is 5.22. The fraction of sp³-hybridized carbons (Fsp3) is 0.200. The summed E-state index contributed by atoms with van der Waals surface area (Å²) in [7, 11) is 0. The van der Waals surface area contributed by atoms with Gasteiger partial charge < -0.3 is 15.8 Å². The Bertz CT molecular complexity index is 1050. The van der Waals surface area contributed by atoms with E-state index >= 15 is 0 Å². The Kier molecular flexibility index (Phi) is 4.59. The number of phenolic OH excluding ortho intramolecular Hbond substituents is 1. The Morgan fingerprint density at radius 1 is 1.22 bits per heavy atom. The lowest BCUT2D eigenvalue weighted by Crippen LogP contribution is -2.35. The van der Waals surface area contributed by atoms with Crippen molar-refractivity contribution in [1.29, 1.82) is 0 Å². The highest BCUT2D eigenvalue weighted by Gasteiger charge is 2.22. The predicted octanol–water partition coefficient (Wildman–Crippen LogP) is 2.94. The van der Waals surface area contributed by atoms with E-state index in [0.29, 0.717) is 41.6 Å². The molecule has 0 saturated heterocycles. The minimum atomic E-state index is -0.126. The highest BCUT2D eigenvalue weighted by atomic mass is 35.5. The fourth-order valence-electron chi connectivity index (χ4n) is 3.32. The number of nitrogens with two attached hydrogens (primary N) is 1. The molecule has 1 aliphatic heterocycles. The van der Waals surface area contributed by atoms with Gasteiger partial charge in [-0.1, -0.05) is 23.7 Å². The number of nitrogens with zero attached hydrogens (tertiary/aromatic N) is 2.